The Hall–Kier alpha value is -2.87. The molecule has 0 atom stereocenters. The number of nitrogen functional groups attached to an aromatic ring is 1. The van der Waals surface area contributed by atoms with Crippen LogP contribution in [0.15, 0.2) is 42.6 Å². The minimum Gasteiger partial charge on any atom is -0.384 e. The predicted molar refractivity (Wildman–Crippen MR) is 126 cm³/mol. The minimum atomic E-state index is 0.448. The second-order valence-corrected chi connectivity index (χ2v) is 8.22. The van der Waals surface area contributed by atoms with E-state index in [-0.39, 0.29) is 0 Å². The number of hydrogen-bond donors (Lipinski definition) is 2. The number of aryl methyl sites for hydroxylation is 1. The fourth-order valence-corrected chi connectivity index (χ4v) is 4.45. The molecular weight excluding hydrogens is 412 g/mol. The van der Waals surface area contributed by atoms with Crippen LogP contribution in [0, 0.1) is 6.92 Å². The Bertz CT molecular complexity index is 1230. The van der Waals surface area contributed by atoms with E-state index >= 15 is 0 Å². The van der Waals surface area contributed by atoms with Crippen molar-refractivity contribution in [3.8, 4) is 11.4 Å². The summed E-state index contributed by atoms with van der Waals surface area (Å²) in [4.78, 5) is 11.7. The van der Waals surface area contributed by atoms with Gasteiger partial charge in [0.1, 0.15) is 17.2 Å². The molecule has 7 nitrogen and oxygen atoms in total. The maximum Gasteiger partial charge on any atom is 0.150 e. The van der Waals surface area contributed by atoms with Crippen molar-refractivity contribution < 1.29 is 4.74 Å². The normalized spacial score (nSPS) is 15.0. The number of hydrogen-bond acceptors (Lipinski definition) is 6. The highest BCUT2D eigenvalue weighted by molar-refractivity contribution is 6.33. The van der Waals surface area contributed by atoms with Crippen molar-refractivity contribution in [3.63, 3.8) is 0 Å². The third-order valence-electron chi connectivity index (χ3n) is 5.79. The molecule has 31 heavy (non-hydrogen) atoms. The number of rotatable bonds is 5. The monoisotopic (exact) mass is 436 g/mol. The van der Waals surface area contributed by atoms with E-state index in [4.69, 9.17) is 22.1 Å². The molecular formula is C23H25ClN6O. The summed E-state index contributed by atoms with van der Waals surface area (Å²) in [5.41, 5.74) is 11.8. The molecule has 160 valence electrons. The van der Waals surface area contributed by atoms with Gasteiger partial charge in [0, 0.05) is 37.4 Å². The van der Waals surface area contributed by atoms with E-state index in [9.17, 15) is 0 Å². The quantitative estimate of drug-likeness (QED) is 0.494. The van der Waals surface area contributed by atoms with Gasteiger partial charge in [0.2, 0.25) is 0 Å². The van der Waals surface area contributed by atoms with Crippen molar-refractivity contribution in [2.45, 2.75) is 6.92 Å². The minimum absolute atomic E-state index is 0.448. The largest absolute Gasteiger partial charge is 0.384 e. The molecule has 0 amide bonds. The molecule has 2 aromatic heterocycles. The lowest BCUT2D eigenvalue weighted by atomic mass is 10.1. The average molecular weight is 437 g/mol. The van der Waals surface area contributed by atoms with E-state index < -0.39 is 0 Å². The number of halogens is 1. The van der Waals surface area contributed by atoms with Gasteiger partial charge in [0.05, 0.1) is 35.5 Å². The van der Waals surface area contributed by atoms with Crippen LogP contribution >= 0.6 is 11.6 Å². The number of ether oxygens (including phenoxy) is 1. The van der Waals surface area contributed by atoms with Crippen molar-refractivity contribution >= 4 is 39.7 Å². The molecule has 0 spiro atoms. The van der Waals surface area contributed by atoms with E-state index in [0.717, 1.165) is 78.6 Å². The standard InChI is InChI=1S/C23H25ClN6O/c1-15-3-2-4-17(24)21(15)23-27-14-20-22(25)28-18-6-5-16(13-19(18)30(20)23)26-7-8-29-9-11-31-12-10-29/h2-6,13-14,26H,7-12H2,1H3,(H2,25,28). The smallest absolute Gasteiger partial charge is 0.150 e. The highest BCUT2D eigenvalue weighted by Crippen LogP contribution is 2.34. The molecule has 5 rings (SSSR count). The Morgan fingerprint density at radius 3 is 2.81 bits per heavy atom. The van der Waals surface area contributed by atoms with Crippen molar-refractivity contribution in [1.29, 1.82) is 0 Å². The summed E-state index contributed by atoms with van der Waals surface area (Å²) >= 11 is 6.56. The van der Waals surface area contributed by atoms with Crippen LogP contribution in [0.3, 0.4) is 0 Å². The van der Waals surface area contributed by atoms with Gasteiger partial charge in [-0.1, -0.05) is 23.7 Å². The van der Waals surface area contributed by atoms with Crippen LogP contribution in [0.4, 0.5) is 11.5 Å². The maximum atomic E-state index is 6.56. The molecule has 3 N–H and O–H groups in total. The Morgan fingerprint density at radius 2 is 2.00 bits per heavy atom. The Labute approximate surface area is 185 Å². The molecule has 0 radical (unpaired) electrons. The zero-order chi connectivity index (χ0) is 21.4. The van der Waals surface area contributed by atoms with Crippen molar-refractivity contribution in [2.24, 2.45) is 0 Å². The molecule has 0 aliphatic carbocycles. The van der Waals surface area contributed by atoms with Crippen LogP contribution < -0.4 is 11.1 Å². The Balaban J connectivity index is 1.54. The summed E-state index contributed by atoms with van der Waals surface area (Å²) in [6.07, 6.45) is 1.76. The summed E-state index contributed by atoms with van der Waals surface area (Å²) in [6.45, 7) is 7.46. The zero-order valence-corrected chi connectivity index (χ0v) is 18.2. The van der Waals surface area contributed by atoms with Gasteiger partial charge in [-0.15, -0.1) is 0 Å². The maximum absolute atomic E-state index is 6.56. The molecule has 8 heteroatoms. The highest BCUT2D eigenvalue weighted by Gasteiger charge is 2.17. The molecule has 1 aliphatic heterocycles. The van der Waals surface area contributed by atoms with E-state index in [1.165, 1.54) is 0 Å². The number of anilines is 2. The van der Waals surface area contributed by atoms with Gasteiger partial charge in [-0.2, -0.15) is 0 Å². The summed E-state index contributed by atoms with van der Waals surface area (Å²) in [5.74, 6) is 1.21. The molecule has 3 heterocycles. The van der Waals surface area contributed by atoms with Crippen molar-refractivity contribution in [2.75, 3.05) is 50.4 Å². The van der Waals surface area contributed by atoms with Crippen LogP contribution in [0.2, 0.25) is 5.02 Å². The first-order valence-electron chi connectivity index (χ1n) is 10.5. The summed E-state index contributed by atoms with van der Waals surface area (Å²) in [7, 11) is 0. The first-order valence-corrected chi connectivity index (χ1v) is 10.9. The number of morpholine rings is 1. The van der Waals surface area contributed by atoms with Gasteiger partial charge < -0.3 is 15.8 Å². The lowest BCUT2D eigenvalue weighted by Gasteiger charge is -2.26. The van der Waals surface area contributed by atoms with E-state index in [1.807, 2.05) is 37.3 Å². The molecule has 0 saturated carbocycles. The number of fused-ring (bicyclic) bond motifs is 3. The average Bonchev–Trinajstić information content (AvgIpc) is 3.21. The van der Waals surface area contributed by atoms with Gasteiger partial charge in [0.15, 0.2) is 0 Å². The zero-order valence-electron chi connectivity index (χ0n) is 17.4. The van der Waals surface area contributed by atoms with Crippen molar-refractivity contribution in [3.05, 3.63) is 53.2 Å². The number of nitrogens with one attached hydrogen (secondary N) is 1. The number of imidazole rings is 1. The lowest BCUT2D eigenvalue weighted by Crippen LogP contribution is -2.39. The highest BCUT2D eigenvalue weighted by atomic mass is 35.5. The fraction of sp³-hybridized carbons (Fsp3) is 0.304. The number of nitrogens with zero attached hydrogens (tertiary/aromatic N) is 4. The second kappa shape index (κ2) is 8.34. The molecule has 0 bridgehead atoms. The number of nitrogens with two attached hydrogens (primary N) is 1. The Kier molecular flexibility index (Phi) is 5.40. The van der Waals surface area contributed by atoms with Crippen molar-refractivity contribution in [1.82, 2.24) is 19.3 Å². The van der Waals surface area contributed by atoms with Gasteiger partial charge in [-0.25, -0.2) is 9.97 Å². The van der Waals surface area contributed by atoms with Crippen LogP contribution in [0.25, 0.3) is 27.9 Å². The Morgan fingerprint density at radius 1 is 1.16 bits per heavy atom. The first kappa shape index (κ1) is 20.1. The SMILES string of the molecule is Cc1cccc(Cl)c1-c1ncc2c(N)nc3ccc(NCCN4CCOCC4)cc3n12. The number of benzene rings is 2. The third-order valence-corrected chi connectivity index (χ3v) is 6.10. The third kappa shape index (κ3) is 3.80. The molecule has 1 fully saturated rings. The first-order chi connectivity index (χ1) is 15.1. The molecule has 0 unspecified atom stereocenters. The summed E-state index contributed by atoms with van der Waals surface area (Å²) in [6, 6.07) is 12.0. The predicted octanol–water partition coefficient (Wildman–Crippen LogP) is 3.84. The van der Waals surface area contributed by atoms with Crippen LogP contribution in [-0.4, -0.2) is 58.7 Å². The lowest BCUT2D eigenvalue weighted by molar-refractivity contribution is 0.0398. The molecule has 1 saturated heterocycles. The topological polar surface area (TPSA) is 80.7 Å². The van der Waals surface area contributed by atoms with Crippen LogP contribution in [0.5, 0.6) is 0 Å². The van der Waals surface area contributed by atoms with E-state index in [0.29, 0.717) is 10.8 Å². The van der Waals surface area contributed by atoms with E-state index in [2.05, 4.69) is 30.7 Å². The molecule has 1 aliphatic rings. The van der Waals surface area contributed by atoms with Gasteiger partial charge >= 0.3 is 0 Å². The number of aromatic nitrogens is 3. The van der Waals surface area contributed by atoms with Gasteiger partial charge in [-0.3, -0.25) is 9.30 Å². The van der Waals surface area contributed by atoms with Crippen LogP contribution in [0.1, 0.15) is 5.56 Å². The van der Waals surface area contributed by atoms with Gasteiger partial charge in [-0.05, 0) is 36.8 Å². The second-order valence-electron chi connectivity index (χ2n) is 7.82. The summed E-state index contributed by atoms with van der Waals surface area (Å²) in [5, 5.41) is 4.20. The fourth-order valence-electron chi connectivity index (χ4n) is 4.15. The van der Waals surface area contributed by atoms with Gasteiger partial charge in [0.25, 0.3) is 0 Å². The summed E-state index contributed by atoms with van der Waals surface area (Å²) < 4.78 is 7.48. The molecule has 4 aromatic rings. The van der Waals surface area contributed by atoms with E-state index in [1.54, 1.807) is 6.20 Å². The van der Waals surface area contributed by atoms with Crippen LogP contribution in [-0.2, 0) is 4.74 Å². The molecule has 2 aromatic carbocycles.